The summed E-state index contributed by atoms with van der Waals surface area (Å²) >= 11 is 0. The van der Waals surface area contributed by atoms with Crippen LogP contribution in [-0.4, -0.2) is 29.6 Å². The third-order valence-electron chi connectivity index (χ3n) is 5.44. The minimum Gasteiger partial charge on any atom is -0.329 e. The molecule has 2 nitrogen and oxygen atoms in total. The molecule has 4 unspecified atom stereocenters. The topological polar surface area (TPSA) is 29.3 Å². The summed E-state index contributed by atoms with van der Waals surface area (Å²) in [7, 11) is 0. The van der Waals surface area contributed by atoms with Gasteiger partial charge in [0, 0.05) is 18.1 Å². The minimum atomic E-state index is 0.303. The highest BCUT2D eigenvalue weighted by Crippen LogP contribution is 2.42. The first kappa shape index (κ1) is 13.4. The predicted molar refractivity (Wildman–Crippen MR) is 74.0 cm³/mol. The normalized spacial score (nSPS) is 44.8. The Kier molecular flexibility index (Phi) is 4.14. The Morgan fingerprint density at radius 2 is 1.88 bits per heavy atom. The summed E-state index contributed by atoms with van der Waals surface area (Å²) in [6, 6.07) is 0.736. The first-order valence-corrected chi connectivity index (χ1v) is 7.57. The van der Waals surface area contributed by atoms with Gasteiger partial charge >= 0.3 is 0 Å². The van der Waals surface area contributed by atoms with E-state index >= 15 is 0 Å². The monoisotopic (exact) mass is 238 g/mol. The molecule has 100 valence electrons. The van der Waals surface area contributed by atoms with E-state index in [4.69, 9.17) is 5.73 Å². The minimum absolute atomic E-state index is 0.303. The van der Waals surface area contributed by atoms with Gasteiger partial charge < -0.3 is 5.73 Å². The zero-order valence-corrected chi connectivity index (χ0v) is 11.9. The maximum Gasteiger partial charge on any atom is 0.0362 e. The summed E-state index contributed by atoms with van der Waals surface area (Å²) in [6.07, 6.45) is 8.21. The molecular weight excluding hydrogens is 208 g/mol. The number of hydrogen-bond acceptors (Lipinski definition) is 2. The number of hydrogen-bond donors (Lipinski definition) is 1. The predicted octanol–water partition coefficient (Wildman–Crippen LogP) is 3.01. The Balaban J connectivity index is 2.21. The highest BCUT2D eigenvalue weighted by atomic mass is 15.2. The zero-order valence-electron chi connectivity index (χ0n) is 11.9. The molecule has 2 rings (SSSR count). The van der Waals surface area contributed by atoms with Gasteiger partial charge in [0.1, 0.15) is 0 Å². The first-order chi connectivity index (χ1) is 8.10. The molecule has 0 bridgehead atoms. The van der Waals surface area contributed by atoms with Crippen LogP contribution in [0.2, 0.25) is 0 Å². The van der Waals surface area contributed by atoms with Crippen molar-refractivity contribution in [3.05, 3.63) is 0 Å². The van der Waals surface area contributed by atoms with E-state index in [-0.39, 0.29) is 0 Å². The molecule has 2 aliphatic rings. The molecule has 0 spiro atoms. The number of nitrogens with zero attached hydrogens (tertiary/aromatic N) is 1. The smallest absolute Gasteiger partial charge is 0.0362 e. The van der Waals surface area contributed by atoms with Crippen molar-refractivity contribution in [1.82, 2.24) is 4.90 Å². The summed E-state index contributed by atoms with van der Waals surface area (Å²) in [6.45, 7) is 9.37. The lowest BCUT2D eigenvalue weighted by Crippen LogP contribution is -2.63. The van der Waals surface area contributed by atoms with Crippen LogP contribution in [0.25, 0.3) is 0 Å². The fourth-order valence-corrected chi connectivity index (χ4v) is 4.27. The van der Waals surface area contributed by atoms with Gasteiger partial charge in [-0.15, -0.1) is 0 Å². The van der Waals surface area contributed by atoms with Crippen LogP contribution in [0.15, 0.2) is 0 Å². The molecule has 4 atom stereocenters. The third kappa shape index (κ3) is 2.39. The number of likely N-dealkylation sites (tertiary alicyclic amines) is 1. The highest BCUT2D eigenvalue weighted by Gasteiger charge is 2.45. The summed E-state index contributed by atoms with van der Waals surface area (Å²) < 4.78 is 0. The van der Waals surface area contributed by atoms with Crippen LogP contribution in [0.4, 0.5) is 0 Å². The van der Waals surface area contributed by atoms with Crippen molar-refractivity contribution in [3.63, 3.8) is 0 Å². The van der Waals surface area contributed by atoms with E-state index in [1.165, 1.54) is 45.1 Å². The van der Waals surface area contributed by atoms with Crippen molar-refractivity contribution >= 4 is 0 Å². The molecule has 0 amide bonds. The summed E-state index contributed by atoms with van der Waals surface area (Å²) in [5.74, 6) is 1.62. The molecule has 17 heavy (non-hydrogen) atoms. The number of piperidine rings is 1. The molecule has 1 heterocycles. The van der Waals surface area contributed by atoms with Crippen LogP contribution in [0.3, 0.4) is 0 Å². The molecule has 0 radical (unpaired) electrons. The largest absolute Gasteiger partial charge is 0.329 e. The van der Waals surface area contributed by atoms with Crippen molar-refractivity contribution in [2.24, 2.45) is 17.6 Å². The van der Waals surface area contributed by atoms with E-state index in [0.29, 0.717) is 5.54 Å². The maximum absolute atomic E-state index is 6.24. The number of nitrogens with two attached hydrogens (primary N) is 1. The van der Waals surface area contributed by atoms with Gasteiger partial charge in [-0.25, -0.2) is 0 Å². The highest BCUT2D eigenvalue weighted by molar-refractivity contribution is 5.02. The molecule has 0 aromatic carbocycles. The van der Waals surface area contributed by atoms with Crippen molar-refractivity contribution in [1.29, 1.82) is 0 Å². The van der Waals surface area contributed by atoms with Crippen LogP contribution in [0.1, 0.15) is 59.3 Å². The number of rotatable bonds is 2. The standard InChI is InChI=1S/C15H30N2/c1-12-7-8-13(2)15(10-12,11-16)17-9-5-4-6-14(17)3/h12-14H,4-11,16H2,1-3H3. The van der Waals surface area contributed by atoms with Gasteiger partial charge in [0.25, 0.3) is 0 Å². The molecule has 1 aliphatic heterocycles. The first-order valence-electron chi connectivity index (χ1n) is 7.57. The fourth-order valence-electron chi connectivity index (χ4n) is 4.27. The van der Waals surface area contributed by atoms with E-state index < -0.39 is 0 Å². The average molecular weight is 238 g/mol. The quantitative estimate of drug-likeness (QED) is 0.801. The van der Waals surface area contributed by atoms with Gasteiger partial charge in [0.2, 0.25) is 0 Å². The Bertz CT molecular complexity index is 253. The SMILES string of the molecule is CC1CCC(C)C(CN)(N2CCCCC2C)C1. The Morgan fingerprint density at radius 1 is 1.12 bits per heavy atom. The van der Waals surface area contributed by atoms with E-state index in [1.807, 2.05) is 0 Å². The molecule has 2 heteroatoms. The molecular formula is C15H30N2. The molecule has 1 saturated heterocycles. The van der Waals surface area contributed by atoms with Gasteiger partial charge in [-0.2, -0.15) is 0 Å². The maximum atomic E-state index is 6.24. The van der Waals surface area contributed by atoms with E-state index in [9.17, 15) is 0 Å². The lowest BCUT2D eigenvalue weighted by molar-refractivity contribution is -0.0425. The van der Waals surface area contributed by atoms with Crippen LogP contribution < -0.4 is 5.73 Å². The Labute approximate surface area is 107 Å². The van der Waals surface area contributed by atoms with Crippen LogP contribution >= 0.6 is 0 Å². The van der Waals surface area contributed by atoms with Gasteiger partial charge in [-0.05, 0) is 51.0 Å². The summed E-state index contributed by atoms with van der Waals surface area (Å²) in [4.78, 5) is 2.77. The van der Waals surface area contributed by atoms with Crippen molar-refractivity contribution < 1.29 is 0 Å². The van der Waals surface area contributed by atoms with Crippen LogP contribution in [-0.2, 0) is 0 Å². The van der Waals surface area contributed by atoms with E-state index in [1.54, 1.807) is 0 Å². The van der Waals surface area contributed by atoms with Crippen LogP contribution in [0, 0.1) is 11.8 Å². The molecule has 2 N–H and O–H groups in total. The van der Waals surface area contributed by atoms with Crippen molar-refractivity contribution in [2.75, 3.05) is 13.1 Å². The molecule has 1 aliphatic carbocycles. The molecule has 0 aromatic heterocycles. The van der Waals surface area contributed by atoms with Gasteiger partial charge in [0.15, 0.2) is 0 Å². The van der Waals surface area contributed by atoms with Gasteiger partial charge in [-0.3, -0.25) is 4.90 Å². The fraction of sp³-hybridized carbons (Fsp3) is 1.00. The van der Waals surface area contributed by atoms with Gasteiger partial charge in [0.05, 0.1) is 0 Å². The van der Waals surface area contributed by atoms with E-state index in [2.05, 4.69) is 25.7 Å². The van der Waals surface area contributed by atoms with Crippen LogP contribution in [0.5, 0.6) is 0 Å². The third-order valence-corrected chi connectivity index (χ3v) is 5.44. The van der Waals surface area contributed by atoms with Crippen molar-refractivity contribution in [2.45, 2.75) is 70.9 Å². The second-order valence-corrected chi connectivity index (χ2v) is 6.63. The Morgan fingerprint density at radius 3 is 2.53 bits per heavy atom. The molecule has 2 fully saturated rings. The Hall–Kier alpha value is -0.0800. The molecule has 1 saturated carbocycles. The van der Waals surface area contributed by atoms with Gasteiger partial charge in [-0.1, -0.05) is 26.7 Å². The summed E-state index contributed by atoms with van der Waals surface area (Å²) in [5.41, 5.74) is 6.55. The lowest BCUT2D eigenvalue weighted by atomic mass is 9.67. The lowest BCUT2D eigenvalue weighted by Gasteiger charge is -2.55. The second kappa shape index (κ2) is 5.27. The average Bonchev–Trinajstić information content (AvgIpc) is 2.33. The second-order valence-electron chi connectivity index (χ2n) is 6.63. The molecule has 0 aromatic rings. The zero-order chi connectivity index (χ0) is 12.5. The summed E-state index contributed by atoms with van der Waals surface area (Å²) in [5, 5.41) is 0. The van der Waals surface area contributed by atoms with Crippen molar-refractivity contribution in [3.8, 4) is 0 Å². The van der Waals surface area contributed by atoms with E-state index in [0.717, 1.165) is 24.4 Å².